The molecule has 0 saturated carbocycles. The SMILES string of the molecule is CS(=O)(=O)c1ccc2c(c1)CCC2Oc1ccc(-c2cn(C(=O)NCCCOc3ccccc3)cn2)cc1. The summed E-state index contributed by atoms with van der Waals surface area (Å²) in [6.07, 6.45) is 6.55. The summed E-state index contributed by atoms with van der Waals surface area (Å²) in [5.74, 6) is 1.53. The van der Waals surface area contributed by atoms with Crippen LogP contribution < -0.4 is 14.8 Å². The van der Waals surface area contributed by atoms with Crippen molar-refractivity contribution in [3.05, 3.63) is 96.4 Å². The first-order valence-electron chi connectivity index (χ1n) is 12.5. The summed E-state index contributed by atoms with van der Waals surface area (Å²) in [7, 11) is -3.23. The van der Waals surface area contributed by atoms with E-state index >= 15 is 0 Å². The first-order chi connectivity index (χ1) is 18.4. The normalized spacial score (nSPS) is 14.6. The second-order valence-corrected chi connectivity index (χ2v) is 11.2. The topological polar surface area (TPSA) is 99.5 Å². The predicted octanol–water partition coefficient (Wildman–Crippen LogP) is 5.05. The fourth-order valence-electron chi connectivity index (χ4n) is 4.42. The van der Waals surface area contributed by atoms with Crippen molar-refractivity contribution >= 4 is 15.9 Å². The number of amides is 1. The van der Waals surface area contributed by atoms with Gasteiger partial charge in [0, 0.05) is 24.6 Å². The van der Waals surface area contributed by atoms with Gasteiger partial charge in [-0.15, -0.1) is 0 Å². The Morgan fingerprint density at radius 3 is 2.61 bits per heavy atom. The Balaban J connectivity index is 1.13. The molecule has 3 aromatic carbocycles. The second kappa shape index (κ2) is 11.1. The average Bonchev–Trinajstić information content (AvgIpc) is 3.57. The number of hydrogen-bond acceptors (Lipinski definition) is 6. The molecule has 0 aliphatic heterocycles. The fourth-order valence-corrected chi connectivity index (χ4v) is 5.10. The summed E-state index contributed by atoms with van der Waals surface area (Å²) in [6, 6.07) is 22.1. The number of imidazole rings is 1. The Morgan fingerprint density at radius 1 is 1.05 bits per heavy atom. The first-order valence-corrected chi connectivity index (χ1v) is 14.4. The van der Waals surface area contributed by atoms with Crippen LogP contribution in [0.5, 0.6) is 11.5 Å². The highest BCUT2D eigenvalue weighted by Gasteiger charge is 2.25. The number of ether oxygens (including phenoxy) is 2. The predicted molar refractivity (Wildman–Crippen MR) is 144 cm³/mol. The van der Waals surface area contributed by atoms with E-state index < -0.39 is 9.84 Å². The summed E-state index contributed by atoms with van der Waals surface area (Å²) in [5, 5.41) is 2.87. The third-order valence-corrected chi connectivity index (χ3v) is 7.53. The molecule has 0 bridgehead atoms. The minimum Gasteiger partial charge on any atom is -0.494 e. The number of hydrogen-bond donors (Lipinski definition) is 1. The van der Waals surface area contributed by atoms with Crippen LogP contribution in [-0.2, 0) is 16.3 Å². The molecule has 1 unspecified atom stereocenters. The van der Waals surface area contributed by atoms with E-state index in [-0.39, 0.29) is 12.1 Å². The molecular weight excluding hydrogens is 502 g/mol. The molecule has 1 aliphatic carbocycles. The molecule has 8 nitrogen and oxygen atoms in total. The number of nitrogens with one attached hydrogen (secondary N) is 1. The zero-order valence-corrected chi connectivity index (χ0v) is 21.9. The lowest BCUT2D eigenvalue weighted by Gasteiger charge is -2.15. The molecule has 1 aromatic heterocycles. The molecule has 0 radical (unpaired) electrons. The molecule has 0 fully saturated rings. The molecule has 4 aromatic rings. The number of aromatic nitrogens is 2. The third-order valence-electron chi connectivity index (χ3n) is 6.42. The number of fused-ring (bicyclic) bond motifs is 1. The van der Waals surface area contributed by atoms with Crippen LogP contribution in [0.15, 0.2) is 90.2 Å². The van der Waals surface area contributed by atoms with Crippen LogP contribution in [0.3, 0.4) is 0 Å². The van der Waals surface area contributed by atoms with Crippen molar-refractivity contribution in [3.8, 4) is 22.8 Å². The maximum absolute atomic E-state index is 12.5. The standard InChI is InChI=1S/C29H29N3O5S/c1-38(34,35)25-13-14-26-22(18-25)10-15-28(26)37-24-11-8-21(9-12-24)27-19-32(20-31-27)29(33)30-16-5-17-36-23-6-3-2-4-7-23/h2-4,6-9,11-14,18-20,28H,5,10,15-17H2,1H3,(H,30,33). The molecule has 196 valence electrons. The van der Waals surface area contributed by atoms with Gasteiger partial charge in [0.15, 0.2) is 9.84 Å². The lowest BCUT2D eigenvalue weighted by atomic mass is 10.1. The van der Waals surface area contributed by atoms with E-state index in [1.54, 1.807) is 18.3 Å². The van der Waals surface area contributed by atoms with Gasteiger partial charge in [-0.25, -0.2) is 18.2 Å². The lowest BCUT2D eigenvalue weighted by Crippen LogP contribution is -2.29. The molecule has 1 aliphatic rings. The molecule has 1 amide bonds. The van der Waals surface area contributed by atoms with Crippen molar-refractivity contribution in [2.24, 2.45) is 0 Å². The Labute approximate surface area is 222 Å². The van der Waals surface area contributed by atoms with Crippen LogP contribution in [0.25, 0.3) is 11.3 Å². The maximum Gasteiger partial charge on any atom is 0.326 e. The van der Waals surface area contributed by atoms with Crippen LogP contribution in [0, 0.1) is 0 Å². The smallest absolute Gasteiger partial charge is 0.326 e. The summed E-state index contributed by atoms with van der Waals surface area (Å²) in [5.41, 5.74) is 3.59. The molecule has 9 heteroatoms. The van der Waals surface area contributed by atoms with Crippen molar-refractivity contribution in [1.29, 1.82) is 0 Å². The Kier molecular flexibility index (Phi) is 7.46. The van der Waals surface area contributed by atoms with Crippen molar-refractivity contribution in [1.82, 2.24) is 14.9 Å². The first kappa shape index (κ1) is 25.5. The molecule has 0 saturated heterocycles. The van der Waals surface area contributed by atoms with Crippen LogP contribution in [0.1, 0.15) is 30.1 Å². The number of rotatable bonds is 9. The van der Waals surface area contributed by atoms with Gasteiger partial charge in [-0.05, 0) is 78.9 Å². The van der Waals surface area contributed by atoms with Gasteiger partial charge in [0.2, 0.25) is 0 Å². The van der Waals surface area contributed by atoms with Gasteiger partial charge in [-0.3, -0.25) is 4.57 Å². The number of sulfone groups is 1. The third kappa shape index (κ3) is 6.06. The molecular formula is C29H29N3O5S. The quantitative estimate of drug-likeness (QED) is 0.304. The summed E-state index contributed by atoms with van der Waals surface area (Å²) in [4.78, 5) is 17.2. The largest absolute Gasteiger partial charge is 0.494 e. The van der Waals surface area contributed by atoms with Gasteiger partial charge in [-0.1, -0.05) is 24.3 Å². The summed E-state index contributed by atoms with van der Waals surface area (Å²) < 4.78 is 37.0. The minimum absolute atomic E-state index is 0.120. The highest BCUT2D eigenvalue weighted by atomic mass is 32.2. The lowest BCUT2D eigenvalue weighted by molar-refractivity contribution is 0.207. The average molecular weight is 532 g/mol. The zero-order chi connectivity index (χ0) is 26.5. The van der Waals surface area contributed by atoms with Crippen molar-refractivity contribution < 1.29 is 22.7 Å². The molecule has 5 rings (SSSR count). The van der Waals surface area contributed by atoms with Crippen molar-refractivity contribution in [2.45, 2.75) is 30.3 Å². The van der Waals surface area contributed by atoms with E-state index in [1.165, 1.54) is 17.2 Å². The van der Waals surface area contributed by atoms with Crippen LogP contribution >= 0.6 is 0 Å². The number of carbonyl (C=O) groups is 1. The monoisotopic (exact) mass is 531 g/mol. The van der Waals surface area contributed by atoms with Crippen LogP contribution in [0.4, 0.5) is 4.79 Å². The van der Waals surface area contributed by atoms with E-state index in [0.717, 1.165) is 35.3 Å². The highest BCUT2D eigenvalue weighted by molar-refractivity contribution is 7.90. The van der Waals surface area contributed by atoms with Crippen LogP contribution in [0.2, 0.25) is 0 Å². The van der Waals surface area contributed by atoms with Gasteiger partial charge in [0.05, 0.1) is 17.2 Å². The fraction of sp³-hybridized carbons (Fsp3) is 0.241. The molecule has 1 atom stereocenters. The number of benzene rings is 3. The van der Waals surface area contributed by atoms with Crippen molar-refractivity contribution in [3.63, 3.8) is 0 Å². The minimum atomic E-state index is -3.23. The molecule has 0 spiro atoms. The van der Waals surface area contributed by atoms with Crippen LogP contribution in [-0.4, -0.2) is 43.4 Å². The Hall–Kier alpha value is -4.11. The summed E-state index contributed by atoms with van der Waals surface area (Å²) >= 11 is 0. The highest BCUT2D eigenvalue weighted by Crippen LogP contribution is 2.36. The second-order valence-electron chi connectivity index (χ2n) is 9.22. The van der Waals surface area contributed by atoms with Gasteiger partial charge in [0.1, 0.15) is 23.9 Å². The van der Waals surface area contributed by atoms with Gasteiger partial charge in [-0.2, -0.15) is 0 Å². The maximum atomic E-state index is 12.5. The van der Waals surface area contributed by atoms with E-state index in [4.69, 9.17) is 9.47 Å². The van der Waals surface area contributed by atoms with Gasteiger partial charge >= 0.3 is 6.03 Å². The number of para-hydroxylation sites is 1. The summed E-state index contributed by atoms with van der Waals surface area (Å²) in [6.45, 7) is 1.01. The van der Waals surface area contributed by atoms with Gasteiger partial charge in [0.25, 0.3) is 0 Å². The van der Waals surface area contributed by atoms with Crippen molar-refractivity contribution in [2.75, 3.05) is 19.4 Å². The van der Waals surface area contributed by atoms with Gasteiger partial charge < -0.3 is 14.8 Å². The molecule has 1 N–H and O–H groups in total. The van der Waals surface area contributed by atoms with E-state index in [0.29, 0.717) is 35.9 Å². The van der Waals surface area contributed by atoms with E-state index in [9.17, 15) is 13.2 Å². The molecule has 1 heterocycles. The van der Waals surface area contributed by atoms with E-state index in [2.05, 4.69) is 10.3 Å². The number of nitrogens with zero attached hydrogens (tertiary/aromatic N) is 2. The Bertz CT molecular complexity index is 1520. The number of carbonyl (C=O) groups excluding carboxylic acids is 1. The Morgan fingerprint density at radius 2 is 1.84 bits per heavy atom. The zero-order valence-electron chi connectivity index (χ0n) is 21.0. The molecule has 38 heavy (non-hydrogen) atoms. The number of aryl methyl sites for hydroxylation is 1. The van der Waals surface area contributed by atoms with E-state index in [1.807, 2.05) is 60.7 Å².